The first-order valence-electron chi connectivity index (χ1n) is 5.01. The molecule has 86 valence electrons. The van der Waals surface area contributed by atoms with Crippen molar-refractivity contribution in [2.45, 2.75) is 13.8 Å². The summed E-state index contributed by atoms with van der Waals surface area (Å²) in [5.41, 5.74) is 1.19. The van der Waals surface area contributed by atoms with Gasteiger partial charge < -0.3 is 0 Å². The molecule has 0 bridgehead atoms. The molecule has 0 heterocycles. The van der Waals surface area contributed by atoms with Crippen molar-refractivity contribution in [1.82, 2.24) is 5.23 Å². The maximum atomic E-state index is 11.4. The van der Waals surface area contributed by atoms with Crippen molar-refractivity contribution in [3.63, 3.8) is 0 Å². The minimum absolute atomic E-state index is 0.0884. The van der Waals surface area contributed by atoms with Crippen molar-refractivity contribution in [3.8, 4) is 0 Å². The fraction of sp³-hybridized carbons (Fsp3) is 0.250. The summed E-state index contributed by atoms with van der Waals surface area (Å²) in [6.45, 7) is 3.63. The molecule has 2 N–H and O–H groups in total. The van der Waals surface area contributed by atoms with Gasteiger partial charge in [0.05, 0.1) is 0 Å². The van der Waals surface area contributed by atoms with E-state index in [1.165, 1.54) is 0 Å². The minimum atomic E-state index is -0.807. The standard InChI is InChI=1S/C12H15NO3/c1-9(2)11(12(14)13(15)16)8-10-6-4-3-5-7-10/h3-9,15-16H,1-2H3. The largest absolute Gasteiger partial charge is 0.299 e. The maximum Gasteiger partial charge on any atom is 0.299 e. The van der Waals surface area contributed by atoms with Gasteiger partial charge in [-0.1, -0.05) is 49.4 Å². The highest BCUT2D eigenvalue weighted by Gasteiger charge is 2.17. The van der Waals surface area contributed by atoms with Crippen LogP contribution in [0, 0.1) is 5.92 Å². The molecule has 0 aromatic heterocycles. The number of carbonyl (C=O) groups excluding carboxylic acids is 1. The van der Waals surface area contributed by atoms with Gasteiger partial charge in [-0.3, -0.25) is 15.2 Å². The summed E-state index contributed by atoms with van der Waals surface area (Å²) in [6.07, 6.45) is 1.65. The number of amides is 1. The molecule has 0 unspecified atom stereocenters. The first kappa shape index (κ1) is 12.4. The van der Waals surface area contributed by atoms with Gasteiger partial charge in [0.1, 0.15) is 0 Å². The molecule has 0 spiro atoms. The van der Waals surface area contributed by atoms with E-state index >= 15 is 0 Å². The van der Waals surface area contributed by atoms with Crippen molar-refractivity contribution in [3.05, 3.63) is 41.5 Å². The Morgan fingerprint density at radius 3 is 2.25 bits per heavy atom. The second kappa shape index (κ2) is 5.44. The lowest BCUT2D eigenvalue weighted by Crippen LogP contribution is -2.26. The van der Waals surface area contributed by atoms with Crippen LogP contribution >= 0.6 is 0 Å². The van der Waals surface area contributed by atoms with Crippen molar-refractivity contribution < 1.29 is 15.2 Å². The number of hydroxylamine groups is 2. The molecule has 0 aliphatic rings. The summed E-state index contributed by atoms with van der Waals surface area (Å²) in [5, 5.41) is 17.1. The van der Waals surface area contributed by atoms with Crippen LogP contribution in [-0.2, 0) is 4.79 Å². The van der Waals surface area contributed by atoms with Gasteiger partial charge in [-0.25, -0.2) is 0 Å². The third-order valence-corrected chi connectivity index (χ3v) is 2.17. The third kappa shape index (κ3) is 3.18. The van der Waals surface area contributed by atoms with Crippen molar-refractivity contribution in [2.24, 2.45) is 5.92 Å². The fourth-order valence-corrected chi connectivity index (χ4v) is 1.32. The van der Waals surface area contributed by atoms with E-state index in [0.717, 1.165) is 5.56 Å². The number of nitrogens with zero attached hydrogens (tertiary/aromatic N) is 1. The average Bonchev–Trinajstić information content (AvgIpc) is 2.26. The fourth-order valence-electron chi connectivity index (χ4n) is 1.32. The van der Waals surface area contributed by atoms with E-state index in [1.54, 1.807) is 6.08 Å². The van der Waals surface area contributed by atoms with Crippen LogP contribution in [0.25, 0.3) is 6.08 Å². The summed E-state index contributed by atoms with van der Waals surface area (Å²) in [5.74, 6) is -0.895. The number of hydrogen-bond acceptors (Lipinski definition) is 3. The molecule has 1 aromatic rings. The Kier molecular flexibility index (Phi) is 4.22. The van der Waals surface area contributed by atoms with Gasteiger partial charge in [-0.15, -0.1) is 0 Å². The smallest absolute Gasteiger partial charge is 0.265 e. The van der Waals surface area contributed by atoms with E-state index in [1.807, 2.05) is 44.2 Å². The zero-order valence-electron chi connectivity index (χ0n) is 9.29. The first-order chi connectivity index (χ1) is 7.52. The molecule has 1 rings (SSSR count). The highest BCUT2D eigenvalue weighted by atomic mass is 16.8. The molecule has 1 amide bonds. The zero-order chi connectivity index (χ0) is 12.1. The molecule has 0 aliphatic carbocycles. The SMILES string of the molecule is CC(C)C(=Cc1ccccc1)C(=O)N(O)O. The summed E-state index contributed by atoms with van der Waals surface area (Å²) in [6, 6.07) is 9.26. The van der Waals surface area contributed by atoms with Crippen molar-refractivity contribution >= 4 is 12.0 Å². The van der Waals surface area contributed by atoms with Crippen LogP contribution in [0.15, 0.2) is 35.9 Å². The molecular formula is C12H15NO3. The minimum Gasteiger partial charge on any atom is -0.265 e. The molecule has 0 atom stereocenters. The van der Waals surface area contributed by atoms with E-state index in [0.29, 0.717) is 5.57 Å². The summed E-state index contributed by atoms with van der Waals surface area (Å²) in [7, 11) is 0. The van der Waals surface area contributed by atoms with Gasteiger partial charge in [-0.05, 0) is 17.6 Å². The highest BCUT2D eigenvalue weighted by Crippen LogP contribution is 2.16. The molecule has 0 fully saturated rings. The molecule has 0 aliphatic heterocycles. The molecular weight excluding hydrogens is 206 g/mol. The predicted molar refractivity (Wildman–Crippen MR) is 59.7 cm³/mol. The average molecular weight is 221 g/mol. The zero-order valence-corrected chi connectivity index (χ0v) is 9.29. The Morgan fingerprint density at radius 1 is 1.25 bits per heavy atom. The van der Waals surface area contributed by atoms with Crippen LogP contribution in [-0.4, -0.2) is 21.5 Å². The van der Waals surface area contributed by atoms with Crippen LogP contribution in [0.4, 0.5) is 0 Å². The van der Waals surface area contributed by atoms with E-state index in [2.05, 4.69) is 0 Å². The Balaban J connectivity index is 3.04. The second-order valence-corrected chi connectivity index (χ2v) is 3.76. The van der Waals surface area contributed by atoms with Crippen LogP contribution in [0.2, 0.25) is 0 Å². The molecule has 0 saturated carbocycles. The maximum absolute atomic E-state index is 11.4. The number of rotatable bonds is 3. The molecule has 16 heavy (non-hydrogen) atoms. The van der Waals surface area contributed by atoms with Gasteiger partial charge >= 0.3 is 0 Å². The predicted octanol–water partition coefficient (Wildman–Crippen LogP) is 2.33. The monoisotopic (exact) mass is 221 g/mol. The first-order valence-corrected chi connectivity index (χ1v) is 5.01. The Hall–Kier alpha value is -1.65. The quantitative estimate of drug-likeness (QED) is 0.468. The van der Waals surface area contributed by atoms with Gasteiger partial charge in [0, 0.05) is 5.57 Å². The van der Waals surface area contributed by atoms with Crippen LogP contribution in [0.5, 0.6) is 0 Å². The van der Waals surface area contributed by atoms with Gasteiger partial charge in [-0.2, -0.15) is 0 Å². The van der Waals surface area contributed by atoms with Gasteiger partial charge in [0.15, 0.2) is 0 Å². The van der Waals surface area contributed by atoms with Crippen LogP contribution < -0.4 is 0 Å². The molecule has 4 nitrogen and oxygen atoms in total. The van der Waals surface area contributed by atoms with E-state index in [4.69, 9.17) is 10.4 Å². The Bertz CT molecular complexity index is 383. The molecule has 4 heteroatoms. The van der Waals surface area contributed by atoms with Crippen LogP contribution in [0.1, 0.15) is 19.4 Å². The van der Waals surface area contributed by atoms with Crippen LogP contribution in [0.3, 0.4) is 0 Å². The second-order valence-electron chi connectivity index (χ2n) is 3.76. The van der Waals surface area contributed by atoms with Crippen molar-refractivity contribution in [1.29, 1.82) is 0 Å². The summed E-state index contributed by atoms with van der Waals surface area (Å²) < 4.78 is 0. The third-order valence-electron chi connectivity index (χ3n) is 2.17. The van der Waals surface area contributed by atoms with E-state index in [-0.39, 0.29) is 11.1 Å². The van der Waals surface area contributed by atoms with Crippen molar-refractivity contribution in [2.75, 3.05) is 0 Å². The number of carbonyl (C=O) groups is 1. The lowest BCUT2D eigenvalue weighted by molar-refractivity contribution is -0.282. The molecule has 1 aromatic carbocycles. The van der Waals surface area contributed by atoms with E-state index in [9.17, 15) is 4.79 Å². The van der Waals surface area contributed by atoms with Gasteiger partial charge in [0.25, 0.3) is 5.91 Å². The topological polar surface area (TPSA) is 60.8 Å². The molecule has 0 radical (unpaired) electrons. The highest BCUT2D eigenvalue weighted by molar-refractivity contribution is 5.96. The number of benzene rings is 1. The number of hydrogen-bond donors (Lipinski definition) is 2. The lowest BCUT2D eigenvalue weighted by atomic mass is 10.00. The van der Waals surface area contributed by atoms with Gasteiger partial charge in [0.2, 0.25) is 0 Å². The van der Waals surface area contributed by atoms with E-state index < -0.39 is 5.91 Å². The lowest BCUT2D eigenvalue weighted by Gasteiger charge is -2.13. The Morgan fingerprint density at radius 2 is 1.81 bits per heavy atom. The Labute approximate surface area is 94.3 Å². The normalized spacial score (nSPS) is 11.7. The summed E-state index contributed by atoms with van der Waals surface area (Å²) >= 11 is 0. The molecule has 0 saturated heterocycles. The summed E-state index contributed by atoms with van der Waals surface area (Å²) in [4.78, 5) is 11.4.